The van der Waals surface area contributed by atoms with Gasteiger partial charge in [0.1, 0.15) is 0 Å². The minimum absolute atomic E-state index is 0. The van der Waals surface area contributed by atoms with E-state index >= 15 is 0 Å². The number of rotatable bonds is 7. The lowest BCUT2D eigenvalue weighted by Gasteiger charge is -2.19. The SMILES string of the molecule is CCCNC(=NC)NCCN(CC)CC.I. The Morgan fingerprint density at radius 2 is 1.62 bits per heavy atom. The van der Waals surface area contributed by atoms with E-state index < -0.39 is 0 Å². The van der Waals surface area contributed by atoms with Gasteiger partial charge in [-0.2, -0.15) is 0 Å². The van der Waals surface area contributed by atoms with Gasteiger partial charge in [-0.25, -0.2) is 0 Å². The minimum atomic E-state index is 0. The molecule has 0 atom stereocenters. The molecule has 0 aromatic heterocycles. The minimum Gasteiger partial charge on any atom is -0.356 e. The van der Waals surface area contributed by atoms with Crippen molar-refractivity contribution in [2.45, 2.75) is 27.2 Å². The van der Waals surface area contributed by atoms with E-state index in [-0.39, 0.29) is 24.0 Å². The van der Waals surface area contributed by atoms with Crippen LogP contribution in [0.4, 0.5) is 0 Å². The average molecular weight is 342 g/mol. The Balaban J connectivity index is 0. The van der Waals surface area contributed by atoms with Crippen molar-refractivity contribution in [3.05, 3.63) is 0 Å². The van der Waals surface area contributed by atoms with Crippen LogP contribution in [0.3, 0.4) is 0 Å². The molecule has 0 spiro atoms. The van der Waals surface area contributed by atoms with Crippen molar-refractivity contribution in [2.24, 2.45) is 4.99 Å². The highest BCUT2D eigenvalue weighted by atomic mass is 127. The first-order chi connectivity index (χ1) is 7.28. The van der Waals surface area contributed by atoms with E-state index in [1.54, 1.807) is 0 Å². The monoisotopic (exact) mass is 342 g/mol. The molecule has 0 aromatic carbocycles. The van der Waals surface area contributed by atoms with Crippen LogP contribution in [0.5, 0.6) is 0 Å². The molecule has 0 aromatic rings. The molecular formula is C11H27IN4. The Bertz CT molecular complexity index is 169. The fourth-order valence-electron chi connectivity index (χ4n) is 1.34. The standard InChI is InChI=1S/C11H26N4.HI/c1-5-8-13-11(12-4)14-9-10-15(6-2)7-3;/h5-10H2,1-4H3,(H2,12,13,14);1H. The lowest BCUT2D eigenvalue weighted by Crippen LogP contribution is -2.41. The summed E-state index contributed by atoms with van der Waals surface area (Å²) in [7, 11) is 1.81. The van der Waals surface area contributed by atoms with Gasteiger partial charge < -0.3 is 15.5 Å². The van der Waals surface area contributed by atoms with Gasteiger partial charge in [0, 0.05) is 26.7 Å². The second-order valence-corrected chi connectivity index (χ2v) is 3.45. The average Bonchev–Trinajstić information content (AvgIpc) is 2.28. The smallest absolute Gasteiger partial charge is 0.191 e. The van der Waals surface area contributed by atoms with E-state index in [2.05, 4.69) is 41.3 Å². The van der Waals surface area contributed by atoms with Crippen LogP contribution in [0.25, 0.3) is 0 Å². The van der Waals surface area contributed by atoms with Gasteiger partial charge in [0.2, 0.25) is 0 Å². The van der Waals surface area contributed by atoms with E-state index in [9.17, 15) is 0 Å². The number of likely N-dealkylation sites (N-methyl/N-ethyl adjacent to an activating group) is 1. The van der Waals surface area contributed by atoms with Crippen molar-refractivity contribution in [1.29, 1.82) is 0 Å². The zero-order chi connectivity index (χ0) is 11.5. The zero-order valence-electron chi connectivity index (χ0n) is 11.0. The molecule has 0 bridgehead atoms. The third-order valence-corrected chi connectivity index (χ3v) is 2.38. The number of guanidine groups is 1. The third kappa shape index (κ3) is 9.21. The fourth-order valence-corrected chi connectivity index (χ4v) is 1.34. The molecule has 0 aliphatic heterocycles. The molecule has 0 heterocycles. The molecule has 0 saturated carbocycles. The van der Waals surface area contributed by atoms with E-state index in [1.165, 1.54) is 0 Å². The molecule has 0 unspecified atom stereocenters. The quantitative estimate of drug-likeness (QED) is 0.419. The highest BCUT2D eigenvalue weighted by Crippen LogP contribution is 1.84. The van der Waals surface area contributed by atoms with Gasteiger partial charge in [-0.3, -0.25) is 4.99 Å². The van der Waals surface area contributed by atoms with E-state index in [0.717, 1.165) is 45.1 Å². The van der Waals surface area contributed by atoms with Crippen molar-refractivity contribution in [3.63, 3.8) is 0 Å². The van der Waals surface area contributed by atoms with Crippen molar-refractivity contribution in [1.82, 2.24) is 15.5 Å². The first-order valence-corrected chi connectivity index (χ1v) is 5.95. The summed E-state index contributed by atoms with van der Waals surface area (Å²) < 4.78 is 0. The van der Waals surface area contributed by atoms with Gasteiger partial charge >= 0.3 is 0 Å². The lowest BCUT2D eigenvalue weighted by atomic mass is 10.4. The molecule has 16 heavy (non-hydrogen) atoms. The number of halogens is 1. The van der Waals surface area contributed by atoms with Crippen molar-refractivity contribution < 1.29 is 0 Å². The molecule has 4 nitrogen and oxygen atoms in total. The zero-order valence-corrected chi connectivity index (χ0v) is 13.4. The molecular weight excluding hydrogens is 315 g/mol. The van der Waals surface area contributed by atoms with Crippen LogP contribution in [0.15, 0.2) is 4.99 Å². The summed E-state index contributed by atoms with van der Waals surface area (Å²) in [6.45, 7) is 11.7. The normalized spacial score (nSPS) is 11.2. The predicted molar refractivity (Wildman–Crippen MR) is 82.9 cm³/mol. The highest BCUT2D eigenvalue weighted by Gasteiger charge is 1.99. The molecule has 0 aliphatic carbocycles. The maximum Gasteiger partial charge on any atom is 0.191 e. The van der Waals surface area contributed by atoms with Crippen LogP contribution in [0, 0.1) is 0 Å². The predicted octanol–water partition coefficient (Wildman–Crippen LogP) is 1.52. The molecule has 0 aliphatic rings. The molecule has 0 saturated heterocycles. The van der Waals surface area contributed by atoms with Gasteiger partial charge in [-0.1, -0.05) is 20.8 Å². The summed E-state index contributed by atoms with van der Waals surface area (Å²) in [6.07, 6.45) is 1.12. The van der Waals surface area contributed by atoms with Gasteiger partial charge in [0.05, 0.1) is 0 Å². The van der Waals surface area contributed by atoms with Gasteiger partial charge in [0.25, 0.3) is 0 Å². The van der Waals surface area contributed by atoms with Crippen LogP contribution >= 0.6 is 24.0 Å². The summed E-state index contributed by atoms with van der Waals surface area (Å²) in [5.74, 6) is 0.906. The summed E-state index contributed by atoms with van der Waals surface area (Å²) in [6, 6.07) is 0. The molecule has 98 valence electrons. The van der Waals surface area contributed by atoms with Crippen LogP contribution in [0.2, 0.25) is 0 Å². The molecule has 0 fully saturated rings. The van der Waals surface area contributed by atoms with Crippen LogP contribution in [-0.4, -0.2) is 50.6 Å². The summed E-state index contributed by atoms with van der Waals surface area (Å²) in [5, 5.41) is 6.55. The molecule has 0 radical (unpaired) electrons. The summed E-state index contributed by atoms with van der Waals surface area (Å²) >= 11 is 0. The van der Waals surface area contributed by atoms with E-state index in [0.29, 0.717) is 0 Å². The summed E-state index contributed by atoms with van der Waals surface area (Å²) in [4.78, 5) is 6.54. The van der Waals surface area contributed by atoms with E-state index in [4.69, 9.17) is 0 Å². The number of aliphatic imine (C=N–C) groups is 1. The maximum absolute atomic E-state index is 4.15. The van der Waals surface area contributed by atoms with Crippen LogP contribution in [-0.2, 0) is 0 Å². The van der Waals surface area contributed by atoms with Gasteiger partial charge in [-0.05, 0) is 19.5 Å². The fraction of sp³-hybridized carbons (Fsp3) is 0.909. The van der Waals surface area contributed by atoms with Crippen molar-refractivity contribution in [2.75, 3.05) is 39.8 Å². The summed E-state index contributed by atoms with van der Waals surface area (Å²) in [5.41, 5.74) is 0. The number of hydrogen-bond acceptors (Lipinski definition) is 2. The van der Waals surface area contributed by atoms with Gasteiger partial charge in [-0.15, -0.1) is 24.0 Å². The Morgan fingerprint density at radius 1 is 1.06 bits per heavy atom. The number of nitrogens with zero attached hydrogens (tertiary/aromatic N) is 2. The Morgan fingerprint density at radius 3 is 2.06 bits per heavy atom. The lowest BCUT2D eigenvalue weighted by molar-refractivity contribution is 0.308. The largest absolute Gasteiger partial charge is 0.356 e. The van der Waals surface area contributed by atoms with Crippen LogP contribution in [0.1, 0.15) is 27.2 Å². The second kappa shape index (κ2) is 13.0. The Labute approximate surface area is 117 Å². The molecule has 5 heteroatoms. The van der Waals surface area contributed by atoms with Crippen molar-refractivity contribution >= 4 is 29.9 Å². The molecule has 0 amide bonds. The highest BCUT2D eigenvalue weighted by molar-refractivity contribution is 14.0. The second-order valence-electron chi connectivity index (χ2n) is 3.45. The van der Waals surface area contributed by atoms with Crippen LogP contribution < -0.4 is 10.6 Å². The number of hydrogen-bond donors (Lipinski definition) is 2. The topological polar surface area (TPSA) is 39.7 Å². The molecule has 2 N–H and O–H groups in total. The number of nitrogens with one attached hydrogen (secondary N) is 2. The van der Waals surface area contributed by atoms with Crippen molar-refractivity contribution in [3.8, 4) is 0 Å². The molecule has 0 rings (SSSR count). The first kappa shape index (κ1) is 18.3. The first-order valence-electron chi connectivity index (χ1n) is 5.95. The van der Waals surface area contributed by atoms with E-state index in [1.807, 2.05) is 7.05 Å². The Kier molecular flexibility index (Phi) is 14.9. The third-order valence-electron chi connectivity index (χ3n) is 2.38. The Hall–Kier alpha value is -0.0400. The maximum atomic E-state index is 4.15. The van der Waals surface area contributed by atoms with Gasteiger partial charge in [0.15, 0.2) is 5.96 Å².